The Hall–Kier alpha value is -2.55. The standard InChI is InChI=1S/C21H17Cl2FN4O2S/c1-4-19-25-26-21-28(19)27-20(12-9-15(24)14(23)10-13(12)22)18(31-21)8-11-5-6-16(29-2)17(7-11)30-3/h5-10H,4H2,1-3H3/b18-8-. The van der Waals surface area contributed by atoms with Crippen molar-refractivity contribution in [3.05, 3.63) is 68.1 Å². The number of hydrogen-bond donors (Lipinski definition) is 0. The summed E-state index contributed by atoms with van der Waals surface area (Å²) in [6.07, 6.45) is 2.54. The first-order chi connectivity index (χ1) is 14.9. The summed E-state index contributed by atoms with van der Waals surface area (Å²) in [5.74, 6) is 1.31. The molecule has 3 aromatic rings. The predicted molar refractivity (Wildman–Crippen MR) is 121 cm³/mol. The highest BCUT2D eigenvalue weighted by Crippen LogP contribution is 2.38. The Balaban J connectivity index is 1.89. The summed E-state index contributed by atoms with van der Waals surface area (Å²) in [5, 5.41) is 13.9. The van der Waals surface area contributed by atoms with Crippen molar-refractivity contribution in [3.63, 3.8) is 0 Å². The van der Waals surface area contributed by atoms with Gasteiger partial charge in [0.1, 0.15) is 11.5 Å². The summed E-state index contributed by atoms with van der Waals surface area (Å²) in [7, 11) is 3.15. The SMILES string of the molecule is CCc1nnc2n1N=C(c1cc(F)c(Cl)cc1Cl)/C(=C/c1ccc(OC)c(OC)c1)S2. The van der Waals surface area contributed by atoms with E-state index in [2.05, 4.69) is 10.2 Å². The van der Waals surface area contributed by atoms with E-state index in [1.165, 1.54) is 23.9 Å². The van der Waals surface area contributed by atoms with Gasteiger partial charge in [0.25, 0.3) is 0 Å². The molecular formula is C21H17Cl2FN4O2S. The lowest BCUT2D eigenvalue weighted by atomic mass is 10.1. The number of methoxy groups -OCH3 is 2. The number of hydrogen-bond acceptors (Lipinski definition) is 6. The van der Waals surface area contributed by atoms with Gasteiger partial charge in [0.2, 0.25) is 5.16 Å². The van der Waals surface area contributed by atoms with Crippen LogP contribution in [-0.4, -0.2) is 34.8 Å². The molecule has 6 nitrogen and oxygen atoms in total. The Morgan fingerprint density at radius 3 is 2.55 bits per heavy atom. The molecule has 1 aliphatic rings. The van der Waals surface area contributed by atoms with Crippen LogP contribution in [0.4, 0.5) is 4.39 Å². The Morgan fingerprint density at radius 2 is 1.84 bits per heavy atom. The van der Waals surface area contributed by atoms with Crippen LogP contribution in [0.15, 0.2) is 45.5 Å². The second-order valence-electron chi connectivity index (χ2n) is 6.48. The number of nitrogens with zero attached hydrogens (tertiary/aromatic N) is 4. The molecule has 0 spiro atoms. The largest absolute Gasteiger partial charge is 0.493 e. The molecule has 2 aromatic carbocycles. The molecule has 0 saturated heterocycles. The van der Waals surface area contributed by atoms with E-state index in [0.717, 1.165) is 10.5 Å². The highest BCUT2D eigenvalue weighted by atomic mass is 35.5. The Labute approximate surface area is 192 Å². The van der Waals surface area contributed by atoms with Crippen molar-refractivity contribution in [2.24, 2.45) is 5.10 Å². The van der Waals surface area contributed by atoms with Crippen molar-refractivity contribution < 1.29 is 13.9 Å². The van der Waals surface area contributed by atoms with Gasteiger partial charge in [0, 0.05) is 16.9 Å². The van der Waals surface area contributed by atoms with E-state index in [1.54, 1.807) is 18.9 Å². The van der Waals surface area contributed by atoms with E-state index in [-0.39, 0.29) is 5.02 Å². The summed E-state index contributed by atoms with van der Waals surface area (Å²) in [6, 6.07) is 8.19. The lowest BCUT2D eigenvalue weighted by Gasteiger charge is -2.18. The number of aromatic nitrogens is 3. The first-order valence-electron chi connectivity index (χ1n) is 9.25. The normalized spacial score (nSPS) is 14.4. The van der Waals surface area contributed by atoms with Crippen LogP contribution < -0.4 is 9.47 Å². The Kier molecular flexibility index (Phi) is 6.22. The lowest BCUT2D eigenvalue weighted by Crippen LogP contribution is -2.14. The number of rotatable bonds is 5. The smallest absolute Gasteiger partial charge is 0.216 e. The average molecular weight is 479 g/mol. The number of thioether (sulfide) groups is 1. The Morgan fingerprint density at radius 1 is 1.06 bits per heavy atom. The molecule has 0 amide bonds. The van der Waals surface area contributed by atoms with Gasteiger partial charge in [0.05, 0.1) is 24.3 Å². The average Bonchev–Trinajstić information content (AvgIpc) is 3.17. The minimum absolute atomic E-state index is 0.0533. The van der Waals surface area contributed by atoms with Crippen LogP contribution in [0, 0.1) is 5.82 Å². The molecule has 1 aromatic heterocycles. The summed E-state index contributed by atoms with van der Waals surface area (Å²) >= 11 is 13.7. The van der Waals surface area contributed by atoms with Crippen molar-refractivity contribution in [2.75, 3.05) is 14.2 Å². The molecule has 0 unspecified atom stereocenters. The number of benzene rings is 2. The summed E-state index contributed by atoms with van der Waals surface area (Å²) in [6.45, 7) is 1.96. The van der Waals surface area contributed by atoms with Crippen LogP contribution in [0.2, 0.25) is 10.0 Å². The van der Waals surface area contributed by atoms with Crippen molar-refractivity contribution in [3.8, 4) is 11.5 Å². The number of fused-ring (bicyclic) bond motifs is 1. The highest BCUT2D eigenvalue weighted by Gasteiger charge is 2.26. The van der Waals surface area contributed by atoms with Gasteiger partial charge in [0.15, 0.2) is 17.3 Å². The van der Waals surface area contributed by atoms with E-state index in [4.69, 9.17) is 37.8 Å². The van der Waals surface area contributed by atoms with Gasteiger partial charge < -0.3 is 9.47 Å². The summed E-state index contributed by atoms with van der Waals surface area (Å²) < 4.78 is 26.6. The van der Waals surface area contributed by atoms with Gasteiger partial charge in [-0.25, -0.2) is 4.39 Å². The third-order valence-corrected chi connectivity index (χ3v) is 6.17. The maximum atomic E-state index is 14.3. The van der Waals surface area contributed by atoms with Gasteiger partial charge in [-0.2, -0.15) is 9.78 Å². The Bertz CT molecular complexity index is 1230. The quantitative estimate of drug-likeness (QED) is 0.440. The molecule has 160 valence electrons. The number of ether oxygens (including phenoxy) is 2. The lowest BCUT2D eigenvalue weighted by molar-refractivity contribution is 0.355. The zero-order chi connectivity index (χ0) is 22.1. The maximum Gasteiger partial charge on any atom is 0.216 e. The fourth-order valence-electron chi connectivity index (χ4n) is 3.06. The first-order valence-corrected chi connectivity index (χ1v) is 10.8. The van der Waals surface area contributed by atoms with E-state index >= 15 is 0 Å². The van der Waals surface area contributed by atoms with E-state index < -0.39 is 5.82 Å². The molecule has 0 saturated carbocycles. The number of allylic oxidation sites excluding steroid dienone is 1. The predicted octanol–water partition coefficient (Wildman–Crippen LogP) is 5.70. The van der Waals surface area contributed by atoms with Gasteiger partial charge in [-0.15, -0.1) is 10.2 Å². The van der Waals surface area contributed by atoms with Gasteiger partial charge in [-0.3, -0.25) is 0 Å². The molecule has 4 rings (SSSR count). The zero-order valence-corrected chi connectivity index (χ0v) is 19.1. The molecule has 1 aliphatic heterocycles. The van der Waals surface area contributed by atoms with E-state index in [0.29, 0.717) is 45.2 Å². The molecule has 0 bridgehead atoms. The van der Waals surface area contributed by atoms with Crippen LogP contribution in [-0.2, 0) is 6.42 Å². The van der Waals surface area contributed by atoms with Gasteiger partial charge in [-0.1, -0.05) is 36.2 Å². The fourth-order valence-corrected chi connectivity index (χ4v) is 4.48. The number of halogens is 3. The fraction of sp³-hybridized carbons (Fsp3) is 0.190. The van der Waals surface area contributed by atoms with E-state index in [9.17, 15) is 4.39 Å². The zero-order valence-electron chi connectivity index (χ0n) is 16.8. The molecule has 0 atom stereocenters. The van der Waals surface area contributed by atoms with Crippen molar-refractivity contribution in [2.45, 2.75) is 18.5 Å². The molecule has 10 heteroatoms. The monoisotopic (exact) mass is 478 g/mol. The third-order valence-electron chi connectivity index (χ3n) is 4.60. The second kappa shape index (κ2) is 8.90. The molecular weight excluding hydrogens is 462 g/mol. The van der Waals surface area contributed by atoms with E-state index in [1.807, 2.05) is 31.2 Å². The van der Waals surface area contributed by atoms with Crippen LogP contribution in [0.5, 0.6) is 11.5 Å². The maximum absolute atomic E-state index is 14.3. The molecule has 0 radical (unpaired) electrons. The highest BCUT2D eigenvalue weighted by molar-refractivity contribution is 8.04. The molecule has 31 heavy (non-hydrogen) atoms. The molecule has 0 N–H and O–H groups in total. The minimum Gasteiger partial charge on any atom is -0.493 e. The summed E-state index contributed by atoms with van der Waals surface area (Å²) in [5.41, 5.74) is 1.74. The third kappa shape index (κ3) is 4.15. The summed E-state index contributed by atoms with van der Waals surface area (Å²) in [4.78, 5) is 0.721. The molecule has 0 aliphatic carbocycles. The molecule has 0 fully saturated rings. The molecule has 2 heterocycles. The van der Waals surface area contributed by atoms with Gasteiger partial charge >= 0.3 is 0 Å². The van der Waals surface area contributed by atoms with Crippen LogP contribution in [0.25, 0.3) is 6.08 Å². The van der Waals surface area contributed by atoms with Crippen molar-refractivity contribution in [1.82, 2.24) is 14.9 Å². The van der Waals surface area contributed by atoms with Crippen molar-refractivity contribution >= 4 is 46.8 Å². The number of aryl methyl sites for hydroxylation is 1. The van der Waals surface area contributed by atoms with Gasteiger partial charge in [-0.05, 0) is 47.7 Å². The van der Waals surface area contributed by atoms with Crippen LogP contribution >= 0.6 is 35.0 Å². The second-order valence-corrected chi connectivity index (χ2v) is 8.31. The van der Waals surface area contributed by atoms with Crippen LogP contribution in [0.3, 0.4) is 0 Å². The van der Waals surface area contributed by atoms with Crippen molar-refractivity contribution in [1.29, 1.82) is 0 Å². The van der Waals surface area contributed by atoms with Crippen LogP contribution in [0.1, 0.15) is 23.9 Å². The minimum atomic E-state index is -0.579. The first kappa shape index (κ1) is 21.7. The topological polar surface area (TPSA) is 61.5 Å².